The van der Waals surface area contributed by atoms with Crippen LogP contribution in [0.2, 0.25) is 0 Å². The molecular weight excluding hydrogens is 240 g/mol. The molecule has 2 aromatic rings. The molecule has 1 aromatic carbocycles. The van der Waals surface area contributed by atoms with Crippen LogP contribution in [0.1, 0.15) is 25.7 Å². The maximum absolute atomic E-state index is 5.98. The van der Waals surface area contributed by atoms with Crippen LogP contribution in [-0.2, 0) is 4.74 Å². The van der Waals surface area contributed by atoms with Gasteiger partial charge in [0.2, 0.25) is 0 Å². The fraction of sp³-hybridized carbons (Fsp3) is 0.571. The molecule has 1 aromatic heterocycles. The van der Waals surface area contributed by atoms with E-state index in [1.165, 1.54) is 18.5 Å². The van der Waals surface area contributed by atoms with Gasteiger partial charge in [-0.2, -0.15) is 0 Å². The molecule has 0 unspecified atom stereocenters. The lowest BCUT2D eigenvalue weighted by atomic mass is 9.88. The molecule has 2 aliphatic heterocycles. The van der Waals surface area contributed by atoms with Crippen molar-refractivity contribution in [2.45, 2.75) is 31.3 Å². The zero-order valence-corrected chi connectivity index (χ0v) is 10.9. The van der Waals surface area contributed by atoms with Gasteiger partial charge < -0.3 is 9.64 Å². The van der Waals surface area contributed by atoms with Gasteiger partial charge in [-0.05, 0) is 37.8 Å². The van der Waals surface area contributed by atoms with E-state index >= 15 is 0 Å². The van der Waals surface area contributed by atoms with Crippen LogP contribution in [-0.4, -0.2) is 40.7 Å². The Hall–Kier alpha value is -1.62. The summed E-state index contributed by atoms with van der Waals surface area (Å²) >= 11 is 0. The van der Waals surface area contributed by atoms with Crippen molar-refractivity contribution in [3.8, 4) is 0 Å². The molecule has 0 radical (unpaired) electrons. The van der Waals surface area contributed by atoms with Crippen molar-refractivity contribution in [1.29, 1.82) is 0 Å². The first-order chi connectivity index (χ1) is 9.36. The standard InChI is InChI=1S/C14H18N4O/c1-3-11-13(16-17-15-11)12(4-1)18-8-6-14(7-9-18)5-2-10-19-14/h1,3-4H,2,5-10H2,(H,15,16,17). The molecule has 1 N–H and O–H groups in total. The van der Waals surface area contributed by atoms with E-state index in [0.717, 1.165) is 43.6 Å². The number of benzene rings is 1. The van der Waals surface area contributed by atoms with E-state index in [-0.39, 0.29) is 5.60 Å². The Morgan fingerprint density at radius 1 is 1.21 bits per heavy atom. The van der Waals surface area contributed by atoms with E-state index in [1.54, 1.807) is 0 Å². The summed E-state index contributed by atoms with van der Waals surface area (Å²) in [7, 11) is 0. The van der Waals surface area contributed by atoms with Gasteiger partial charge in [0.1, 0.15) is 5.52 Å². The number of hydrogen-bond acceptors (Lipinski definition) is 4. The molecule has 5 heteroatoms. The van der Waals surface area contributed by atoms with Gasteiger partial charge in [-0.1, -0.05) is 11.3 Å². The second kappa shape index (κ2) is 4.20. The first-order valence-electron chi connectivity index (χ1n) is 7.05. The lowest BCUT2D eigenvalue weighted by molar-refractivity contribution is -0.0145. The summed E-state index contributed by atoms with van der Waals surface area (Å²) in [4.78, 5) is 2.41. The number of nitrogens with zero attached hydrogens (tertiary/aromatic N) is 3. The molecule has 2 fully saturated rings. The van der Waals surface area contributed by atoms with Crippen molar-refractivity contribution >= 4 is 16.7 Å². The summed E-state index contributed by atoms with van der Waals surface area (Å²) in [5.74, 6) is 0. The zero-order chi connectivity index (χ0) is 12.7. The number of ether oxygens (including phenoxy) is 1. The molecule has 0 atom stereocenters. The molecule has 0 bridgehead atoms. The van der Waals surface area contributed by atoms with Crippen LogP contribution in [0.5, 0.6) is 0 Å². The smallest absolute Gasteiger partial charge is 0.136 e. The van der Waals surface area contributed by atoms with Crippen LogP contribution >= 0.6 is 0 Å². The Balaban J connectivity index is 1.59. The van der Waals surface area contributed by atoms with Gasteiger partial charge in [0.25, 0.3) is 0 Å². The van der Waals surface area contributed by atoms with Crippen molar-refractivity contribution in [1.82, 2.24) is 15.4 Å². The maximum Gasteiger partial charge on any atom is 0.136 e. The van der Waals surface area contributed by atoms with Crippen molar-refractivity contribution in [2.75, 3.05) is 24.6 Å². The van der Waals surface area contributed by atoms with Crippen molar-refractivity contribution in [3.05, 3.63) is 18.2 Å². The number of hydrogen-bond donors (Lipinski definition) is 1. The third kappa shape index (κ3) is 1.80. The van der Waals surface area contributed by atoms with Crippen molar-refractivity contribution in [3.63, 3.8) is 0 Å². The first kappa shape index (κ1) is 11.2. The maximum atomic E-state index is 5.98. The number of aromatic nitrogens is 3. The molecule has 3 heterocycles. The molecule has 2 aliphatic rings. The molecule has 1 spiro atoms. The summed E-state index contributed by atoms with van der Waals surface area (Å²) in [6.45, 7) is 3.04. The molecule has 2 saturated heterocycles. The fourth-order valence-electron chi connectivity index (χ4n) is 3.42. The fourth-order valence-corrected chi connectivity index (χ4v) is 3.42. The van der Waals surface area contributed by atoms with Gasteiger partial charge in [0.15, 0.2) is 0 Å². The quantitative estimate of drug-likeness (QED) is 0.851. The second-order valence-corrected chi connectivity index (χ2v) is 5.61. The van der Waals surface area contributed by atoms with Crippen LogP contribution in [0, 0.1) is 0 Å². The Morgan fingerprint density at radius 2 is 2.11 bits per heavy atom. The number of fused-ring (bicyclic) bond motifs is 1. The Kier molecular flexibility index (Phi) is 2.48. The Labute approximate surface area is 111 Å². The molecule has 19 heavy (non-hydrogen) atoms. The van der Waals surface area contributed by atoms with Gasteiger partial charge in [0.05, 0.1) is 16.8 Å². The van der Waals surface area contributed by atoms with E-state index in [2.05, 4.69) is 32.4 Å². The highest BCUT2D eigenvalue weighted by Gasteiger charge is 2.38. The van der Waals surface area contributed by atoms with Crippen molar-refractivity contribution < 1.29 is 4.74 Å². The lowest BCUT2D eigenvalue weighted by Gasteiger charge is -2.39. The van der Waals surface area contributed by atoms with Gasteiger partial charge >= 0.3 is 0 Å². The predicted octanol–water partition coefficient (Wildman–Crippen LogP) is 2.11. The monoisotopic (exact) mass is 258 g/mol. The minimum Gasteiger partial charge on any atom is -0.375 e. The minimum absolute atomic E-state index is 0.175. The molecule has 0 saturated carbocycles. The van der Waals surface area contributed by atoms with E-state index in [9.17, 15) is 0 Å². The van der Waals surface area contributed by atoms with Crippen LogP contribution in [0.4, 0.5) is 5.69 Å². The lowest BCUT2D eigenvalue weighted by Crippen LogP contribution is -2.44. The Morgan fingerprint density at radius 3 is 2.89 bits per heavy atom. The van der Waals surface area contributed by atoms with E-state index in [0.29, 0.717) is 0 Å². The van der Waals surface area contributed by atoms with Crippen LogP contribution < -0.4 is 4.90 Å². The van der Waals surface area contributed by atoms with Gasteiger partial charge in [-0.15, -0.1) is 5.10 Å². The van der Waals surface area contributed by atoms with Gasteiger partial charge in [0, 0.05) is 19.7 Å². The zero-order valence-electron chi connectivity index (χ0n) is 10.9. The summed E-state index contributed by atoms with van der Waals surface area (Å²) < 4.78 is 5.98. The summed E-state index contributed by atoms with van der Waals surface area (Å²) in [6.07, 6.45) is 4.70. The molecule has 5 nitrogen and oxygen atoms in total. The number of nitrogens with one attached hydrogen (secondary N) is 1. The molecule has 100 valence electrons. The number of H-pyrrole nitrogens is 1. The average molecular weight is 258 g/mol. The number of anilines is 1. The summed E-state index contributed by atoms with van der Waals surface area (Å²) in [6, 6.07) is 6.22. The van der Waals surface area contributed by atoms with Crippen LogP contribution in [0.15, 0.2) is 18.2 Å². The highest BCUT2D eigenvalue weighted by atomic mass is 16.5. The van der Waals surface area contributed by atoms with Crippen LogP contribution in [0.3, 0.4) is 0 Å². The molecule has 4 rings (SSSR count). The van der Waals surface area contributed by atoms with E-state index in [1.807, 2.05) is 6.07 Å². The van der Waals surface area contributed by atoms with E-state index in [4.69, 9.17) is 4.74 Å². The molecule has 0 aliphatic carbocycles. The van der Waals surface area contributed by atoms with Gasteiger partial charge in [-0.3, -0.25) is 5.10 Å². The predicted molar refractivity (Wildman–Crippen MR) is 73.3 cm³/mol. The summed E-state index contributed by atoms with van der Waals surface area (Å²) in [5, 5.41) is 11.0. The van der Waals surface area contributed by atoms with Crippen molar-refractivity contribution in [2.24, 2.45) is 0 Å². The molecule has 0 amide bonds. The SMILES string of the molecule is c1cc(N2CCC3(CCCO3)CC2)c2nn[nH]c2c1. The number of piperidine rings is 1. The number of aromatic amines is 1. The normalized spacial score (nSPS) is 22.4. The van der Waals surface area contributed by atoms with Crippen LogP contribution in [0.25, 0.3) is 11.0 Å². The minimum atomic E-state index is 0.175. The largest absolute Gasteiger partial charge is 0.375 e. The summed E-state index contributed by atoms with van der Waals surface area (Å²) in [5.41, 5.74) is 3.36. The first-order valence-corrected chi connectivity index (χ1v) is 7.05. The third-order valence-electron chi connectivity index (χ3n) is 4.54. The topological polar surface area (TPSA) is 54.0 Å². The van der Waals surface area contributed by atoms with E-state index < -0.39 is 0 Å². The highest BCUT2D eigenvalue weighted by molar-refractivity contribution is 5.87. The Bertz CT molecular complexity index is 578. The second-order valence-electron chi connectivity index (χ2n) is 5.61. The molecular formula is C14H18N4O. The number of rotatable bonds is 1. The average Bonchev–Trinajstić information content (AvgIpc) is 3.09. The highest BCUT2D eigenvalue weighted by Crippen LogP contribution is 2.37. The van der Waals surface area contributed by atoms with Gasteiger partial charge in [-0.25, -0.2) is 0 Å². The third-order valence-corrected chi connectivity index (χ3v) is 4.54.